The molecule has 0 aliphatic heterocycles. The van der Waals surface area contributed by atoms with Crippen molar-refractivity contribution in [2.45, 2.75) is 9.79 Å². The van der Waals surface area contributed by atoms with Crippen molar-refractivity contribution in [3.05, 3.63) is 54.3 Å². The molecule has 0 atom stereocenters. The molecule has 2 rings (SSSR count). The highest BCUT2D eigenvalue weighted by molar-refractivity contribution is 7.91. The number of rotatable bonds is 4. The highest BCUT2D eigenvalue weighted by Crippen LogP contribution is 2.22. The number of hydrogen-bond donors (Lipinski definition) is 2. The Balaban J connectivity index is 2.29. The van der Waals surface area contributed by atoms with Crippen LogP contribution >= 0.6 is 0 Å². The highest BCUT2D eigenvalue weighted by Gasteiger charge is 2.17. The van der Waals surface area contributed by atoms with Crippen molar-refractivity contribution >= 4 is 21.4 Å². The highest BCUT2D eigenvalue weighted by atomic mass is 32.2. The Hall–Kier alpha value is -2.25. The Bertz CT molecular complexity index is 741. The van der Waals surface area contributed by atoms with Crippen LogP contribution in [0.4, 0.5) is 10.1 Å². The van der Waals surface area contributed by atoms with E-state index in [1.165, 1.54) is 36.4 Å². The molecule has 0 heterocycles. The molecule has 0 spiro atoms. The SMILES string of the molecule is NCC(=O)Nc1ccc(S(=O)(=O)c2ccc(F)cc2)cc1. The first-order chi connectivity index (χ1) is 9.93. The molecule has 2 aromatic rings. The fourth-order valence-corrected chi connectivity index (χ4v) is 2.94. The summed E-state index contributed by atoms with van der Waals surface area (Å²) in [5, 5.41) is 2.51. The van der Waals surface area contributed by atoms with E-state index in [9.17, 15) is 17.6 Å². The van der Waals surface area contributed by atoms with Crippen molar-refractivity contribution in [2.24, 2.45) is 5.73 Å². The molecule has 2 aromatic carbocycles. The van der Waals surface area contributed by atoms with E-state index in [-0.39, 0.29) is 22.2 Å². The van der Waals surface area contributed by atoms with Crippen molar-refractivity contribution in [3.8, 4) is 0 Å². The predicted molar refractivity (Wildman–Crippen MR) is 76.0 cm³/mol. The molecule has 0 saturated carbocycles. The number of amides is 1. The number of anilines is 1. The maximum absolute atomic E-state index is 12.8. The Labute approximate surface area is 121 Å². The van der Waals surface area contributed by atoms with Gasteiger partial charge in [-0.25, -0.2) is 12.8 Å². The van der Waals surface area contributed by atoms with Crippen molar-refractivity contribution < 1.29 is 17.6 Å². The zero-order chi connectivity index (χ0) is 15.5. The number of hydrogen-bond acceptors (Lipinski definition) is 4. The molecule has 0 saturated heterocycles. The van der Waals surface area contributed by atoms with Gasteiger partial charge >= 0.3 is 0 Å². The van der Waals surface area contributed by atoms with E-state index in [1.807, 2.05) is 0 Å². The molecule has 0 aliphatic carbocycles. The fraction of sp³-hybridized carbons (Fsp3) is 0.0714. The van der Waals surface area contributed by atoms with Crippen molar-refractivity contribution in [1.29, 1.82) is 0 Å². The second-order valence-electron chi connectivity index (χ2n) is 4.23. The van der Waals surface area contributed by atoms with Gasteiger partial charge in [0.05, 0.1) is 16.3 Å². The van der Waals surface area contributed by atoms with Crippen LogP contribution in [0, 0.1) is 5.82 Å². The third-order valence-electron chi connectivity index (χ3n) is 2.76. The summed E-state index contributed by atoms with van der Waals surface area (Å²) in [5.74, 6) is -0.877. The zero-order valence-electron chi connectivity index (χ0n) is 10.9. The maximum Gasteiger partial charge on any atom is 0.238 e. The average molecular weight is 308 g/mol. The van der Waals surface area contributed by atoms with Crippen molar-refractivity contribution in [2.75, 3.05) is 11.9 Å². The van der Waals surface area contributed by atoms with Crippen LogP contribution < -0.4 is 11.1 Å². The fourth-order valence-electron chi connectivity index (χ4n) is 1.68. The number of benzene rings is 2. The quantitative estimate of drug-likeness (QED) is 0.839. The molecule has 0 aromatic heterocycles. The van der Waals surface area contributed by atoms with Gasteiger partial charge in [0.1, 0.15) is 5.82 Å². The van der Waals surface area contributed by atoms with Gasteiger partial charge in [0, 0.05) is 5.69 Å². The number of nitrogens with one attached hydrogen (secondary N) is 1. The van der Waals surface area contributed by atoms with Crippen LogP contribution in [0.5, 0.6) is 0 Å². The van der Waals surface area contributed by atoms with Crippen LogP contribution in [-0.2, 0) is 14.6 Å². The van der Waals surface area contributed by atoms with E-state index >= 15 is 0 Å². The first kappa shape index (κ1) is 15.1. The van der Waals surface area contributed by atoms with Gasteiger partial charge in [0.15, 0.2) is 0 Å². The van der Waals surface area contributed by atoms with Crippen LogP contribution in [0.15, 0.2) is 58.3 Å². The average Bonchev–Trinajstić information content (AvgIpc) is 2.48. The molecule has 0 unspecified atom stereocenters. The van der Waals surface area contributed by atoms with Crippen molar-refractivity contribution in [3.63, 3.8) is 0 Å². The Kier molecular flexibility index (Phi) is 4.35. The second kappa shape index (κ2) is 6.02. The Morgan fingerprint density at radius 3 is 1.95 bits per heavy atom. The summed E-state index contributed by atoms with van der Waals surface area (Å²) in [6.45, 7) is -0.157. The number of carbonyl (C=O) groups is 1. The van der Waals surface area contributed by atoms with Gasteiger partial charge in [-0.2, -0.15) is 0 Å². The summed E-state index contributed by atoms with van der Waals surface area (Å²) in [5.41, 5.74) is 5.62. The molecule has 110 valence electrons. The zero-order valence-corrected chi connectivity index (χ0v) is 11.7. The molecule has 21 heavy (non-hydrogen) atoms. The second-order valence-corrected chi connectivity index (χ2v) is 6.18. The molecule has 7 heteroatoms. The van der Waals surface area contributed by atoms with Gasteiger partial charge in [-0.1, -0.05) is 0 Å². The lowest BCUT2D eigenvalue weighted by atomic mass is 10.3. The molecule has 0 aliphatic rings. The van der Waals surface area contributed by atoms with Gasteiger partial charge in [-0.15, -0.1) is 0 Å². The van der Waals surface area contributed by atoms with Crippen LogP contribution in [0.3, 0.4) is 0 Å². The van der Waals surface area contributed by atoms with Crippen molar-refractivity contribution in [1.82, 2.24) is 0 Å². The largest absolute Gasteiger partial charge is 0.325 e. The number of halogens is 1. The maximum atomic E-state index is 12.8. The molecule has 0 radical (unpaired) electrons. The van der Waals surface area contributed by atoms with Gasteiger partial charge in [-0.05, 0) is 48.5 Å². The Morgan fingerprint density at radius 2 is 1.48 bits per heavy atom. The van der Waals surface area contributed by atoms with E-state index in [1.54, 1.807) is 0 Å². The van der Waals surface area contributed by atoms with Crippen LogP contribution in [0.2, 0.25) is 0 Å². The van der Waals surface area contributed by atoms with Gasteiger partial charge < -0.3 is 11.1 Å². The molecular weight excluding hydrogens is 295 g/mol. The third kappa shape index (κ3) is 3.45. The molecule has 5 nitrogen and oxygen atoms in total. The Morgan fingerprint density at radius 1 is 1.00 bits per heavy atom. The standard InChI is InChI=1S/C14H13FN2O3S/c15-10-1-5-12(6-2-10)21(19,20)13-7-3-11(4-8-13)17-14(18)9-16/h1-8H,9,16H2,(H,17,18). The van der Waals surface area contributed by atoms with E-state index in [4.69, 9.17) is 5.73 Å². The van der Waals surface area contributed by atoms with E-state index < -0.39 is 15.7 Å². The number of nitrogens with two attached hydrogens (primary N) is 1. The van der Waals surface area contributed by atoms with Gasteiger partial charge in [0.25, 0.3) is 0 Å². The number of carbonyl (C=O) groups excluding carboxylic acids is 1. The minimum absolute atomic E-state index is 0.00245. The van der Waals surface area contributed by atoms with Crippen LogP contribution in [-0.4, -0.2) is 20.9 Å². The van der Waals surface area contributed by atoms with Crippen LogP contribution in [0.1, 0.15) is 0 Å². The first-order valence-corrected chi connectivity index (χ1v) is 7.52. The summed E-state index contributed by atoms with van der Waals surface area (Å²) >= 11 is 0. The number of sulfone groups is 1. The molecular formula is C14H13FN2O3S. The molecule has 3 N–H and O–H groups in total. The first-order valence-electron chi connectivity index (χ1n) is 6.04. The van der Waals surface area contributed by atoms with E-state index in [0.717, 1.165) is 12.1 Å². The summed E-state index contributed by atoms with van der Waals surface area (Å²) in [6, 6.07) is 10.2. The van der Waals surface area contributed by atoms with E-state index in [2.05, 4.69) is 5.32 Å². The molecule has 0 fully saturated rings. The topological polar surface area (TPSA) is 89.3 Å². The van der Waals surface area contributed by atoms with Gasteiger partial charge in [-0.3, -0.25) is 4.79 Å². The minimum Gasteiger partial charge on any atom is -0.325 e. The summed E-state index contributed by atoms with van der Waals surface area (Å²) in [6.07, 6.45) is 0. The lowest BCUT2D eigenvalue weighted by Crippen LogP contribution is -2.21. The monoisotopic (exact) mass is 308 g/mol. The predicted octanol–water partition coefficient (Wildman–Crippen LogP) is 1.56. The lowest BCUT2D eigenvalue weighted by molar-refractivity contribution is -0.114. The summed E-state index contributed by atoms with van der Waals surface area (Å²) in [7, 11) is -3.71. The lowest BCUT2D eigenvalue weighted by Gasteiger charge is -2.07. The molecule has 0 bridgehead atoms. The smallest absolute Gasteiger partial charge is 0.238 e. The minimum atomic E-state index is -3.71. The summed E-state index contributed by atoms with van der Waals surface area (Å²) in [4.78, 5) is 11.2. The summed E-state index contributed by atoms with van der Waals surface area (Å²) < 4.78 is 37.4. The van der Waals surface area contributed by atoms with E-state index in [0.29, 0.717) is 5.69 Å². The normalized spacial score (nSPS) is 11.1. The third-order valence-corrected chi connectivity index (χ3v) is 4.54. The van der Waals surface area contributed by atoms with Gasteiger partial charge in [0.2, 0.25) is 15.7 Å². The molecule has 1 amide bonds. The van der Waals surface area contributed by atoms with Crippen LogP contribution in [0.25, 0.3) is 0 Å².